The third-order valence-electron chi connectivity index (χ3n) is 1.38. The van der Waals surface area contributed by atoms with E-state index in [0.717, 1.165) is 12.8 Å². The molecular weight excluding hydrogens is 192 g/mol. The number of Topliss-reactive ketones (excluding diaryl/α,β-unsaturated/α-hetero) is 1. The summed E-state index contributed by atoms with van der Waals surface area (Å²) in [5.41, 5.74) is 0. The van der Waals surface area contributed by atoms with E-state index in [1.54, 1.807) is 6.92 Å². The summed E-state index contributed by atoms with van der Waals surface area (Å²) in [6, 6.07) is 0. The normalized spacial score (nSPS) is 7.17. The molecule has 3 nitrogen and oxygen atoms in total. The Balaban J connectivity index is -0.000000107. The van der Waals surface area contributed by atoms with Gasteiger partial charge in [0, 0.05) is 28.1 Å². The molecule has 0 aliphatic carbocycles. The number of carbonyl (C=O) groups excluding carboxylic acids is 1. The Morgan fingerprint density at radius 2 is 1.58 bits per heavy atom. The monoisotopic (exact) mass is 212 g/mol. The molecule has 0 atom stereocenters. The molecule has 4 heteroatoms. The van der Waals surface area contributed by atoms with Crippen molar-refractivity contribution >= 4 is 5.78 Å². The molecule has 74 valence electrons. The van der Waals surface area contributed by atoms with Crippen molar-refractivity contribution in [3.63, 3.8) is 0 Å². The molecule has 0 spiro atoms. The van der Waals surface area contributed by atoms with Gasteiger partial charge < -0.3 is 15.7 Å². The molecule has 0 aromatic carbocycles. The summed E-state index contributed by atoms with van der Waals surface area (Å²) in [7, 11) is 0. The van der Waals surface area contributed by atoms with Crippen LogP contribution in [0.2, 0.25) is 0 Å². The molecule has 0 amide bonds. The van der Waals surface area contributed by atoms with Crippen LogP contribution in [0.3, 0.4) is 0 Å². The first-order valence-corrected chi connectivity index (χ1v) is 3.76. The predicted molar refractivity (Wildman–Crippen MR) is 46.7 cm³/mol. The van der Waals surface area contributed by atoms with Crippen molar-refractivity contribution in [1.29, 1.82) is 0 Å². The Bertz CT molecular complexity index is 86.4. The molecule has 0 fully saturated rings. The summed E-state index contributed by atoms with van der Waals surface area (Å²) >= 11 is 0. The fourth-order valence-corrected chi connectivity index (χ4v) is 0.801. The van der Waals surface area contributed by atoms with Crippen molar-refractivity contribution in [2.75, 3.05) is 0 Å². The van der Waals surface area contributed by atoms with Crippen LogP contribution in [0, 0.1) is 0 Å². The standard InChI is InChI=1S/C8H16O.2H2O.Ti/c1-3-4-5-6-7-8(2)9;;;/h3-7H2,1-2H3;2*1H2;. The molecule has 4 N–H and O–H groups in total. The molecule has 0 radical (unpaired) electrons. The van der Waals surface area contributed by atoms with E-state index in [2.05, 4.69) is 6.92 Å². The van der Waals surface area contributed by atoms with Gasteiger partial charge in [-0.05, 0) is 13.3 Å². The van der Waals surface area contributed by atoms with Gasteiger partial charge >= 0.3 is 0 Å². The first-order chi connectivity index (χ1) is 4.27. The Hall–Kier alpha value is 0.304. The first-order valence-electron chi connectivity index (χ1n) is 3.76. The van der Waals surface area contributed by atoms with Gasteiger partial charge in [0.1, 0.15) is 5.78 Å². The van der Waals surface area contributed by atoms with Crippen LogP contribution in [-0.2, 0) is 26.5 Å². The predicted octanol–water partition coefficient (Wildman–Crippen LogP) is 0.894. The molecule has 0 unspecified atom stereocenters. The van der Waals surface area contributed by atoms with Crippen LogP contribution >= 0.6 is 0 Å². The fraction of sp³-hybridized carbons (Fsp3) is 0.875. The van der Waals surface area contributed by atoms with Crippen molar-refractivity contribution in [2.45, 2.75) is 46.0 Å². The third kappa shape index (κ3) is 22.4. The molecule has 0 saturated heterocycles. The second-order valence-corrected chi connectivity index (χ2v) is 2.51. The summed E-state index contributed by atoms with van der Waals surface area (Å²) in [6.07, 6.45) is 5.60. The minimum atomic E-state index is 0. The zero-order valence-corrected chi connectivity index (χ0v) is 9.51. The molecule has 0 rings (SSSR count). The van der Waals surface area contributed by atoms with E-state index in [1.807, 2.05) is 0 Å². The Morgan fingerprint density at radius 3 is 1.92 bits per heavy atom. The van der Waals surface area contributed by atoms with Crippen molar-refractivity contribution in [3.05, 3.63) is 0 Å². The number of carbonyl (C=O) groups is 1. The Morgan fingerprint density at radius 1 is 1.08 bits per heavy atom. The van der Waals surface area contributed by atoms with Crippen LogP contribution in [0.5, 0.6) is 0 Å². The van der Waals surface area contributed by atoms with Gasteiger partial charge in [0.15, 0.2) is 0 Å². The molecule has 0 aliphatic rings. The van der Waals surface area contributed by atoms with Crippen molar-refractivity contribution in [2.24, 2.45) is 0 Å². The van der Waals surface area contributed by atoms with E-state index in [-0.39, 0.29) is 32.7 Å². The average molecular weight is 212 g/mol. The van der Waals surface area contributed by atoms with Crippen LogP contribution in [0.15, 0.2) is 0 Å². The summed E-state index contributed by atoms with van der Waals surface area (Å²) in [5.74, 6) is 0.325. The van der Waals surface area contributed by atoms with Crippen LogP contribution in [0.25, 0.3) is 0 Å². The summed E-state index contributed by atoms with van der Waals surface area (Å²) in [5, 5.41) is 0. The second-order valence-electron chi connectivity index (χ2n) is 2.51. The maximum Gasteiger partial charge on any atom is 0.129 e. The summed E-state index contributed by atoms with van der Waals surface area (Å²) in [6.45, 7) is 3.83. The van der Waals surface area contributed by atoms with Gasteiger partial charge in [0.05, 0.1) is 0 Å². The quantitative estimate of drug-likeness (QED) is 0.492. The maximum absolute atomic E-state index is 10.4. The van der Waals surface area contributed by atoms with Crippen LogP contribution in [0.4, 0.5) is 0 Å². The van der Waals surface area contributed by atoms with Crippen molar-refractivity contribution < 1.29 is 37.5 Å². The molecule has 0 aromatic rings. The number of ketones is 1. The Labute approximate surface area is 89.4 Å². The van der Waals surface area contributed by atoms with Gasteiger partial charge in [0.2, 0.25) is 0 Å². The smallest absolute Gasteiger partial charge is 0.129 e. The molecule has 12 heavy (non-hydrogen) atoms. The van der Waals surface area contributed by atoms with E-state index in [0.29, 0.717) is 5.78 Å². The average Bonchev–Trinajstić information content (AvgIpc) is 1.80. The summed E-state index contributed by atoms with van der Waals surface area (Å²) < 4.78 is 0. The second kappa shape index (κ2) is 17.4. The van der Waals surface area contributed by atoms with Gasteiger partial charge in [-0.2, -0.15) is 0 Å². The molecule has 0 bridgehead atoms. The Kier molecular flexibility index (Phi) is 33.1. The molecule has 0 saturated carbocycles. The van der Waals surface area contributed by atoms with Crippen molar-refractivity contribution in [1.82, 2.24) is 0 Å². The van der Waals surface area contributed by atoms with E-state index < -0.39 is 0 Å². The SMILES string of the molecule is CCCCCCC(C)=O.O.O.[Ti]. The maximum atomic E-state index is 10.4. The largest absolute Gasteiger partial charge is 0.412 e. The number of hydrogen-bond donors (Lipinski definition) is 0. The molecule has 0 aliphatic heterocycles. The van der Waals surface area contributed by atoms with E-state index in [4.69, 9.17) is 0 Å². The zero-order chi connectivity index (χ0) is 7.11. The zero-order valence-electron chi connectivity index (χ0n) is 7.94. The topological polar surface area (TPSA) is 80.1 Å². The van der Waals surface area contributed by atoms with Crippen LogP contribution < -0.4 is 0 Å². The van der Waals surface area contributed by atoms with E-state index >= 15 is 0 Å². The molecular formula is C8H20O3Ti. The van der Waals surface area contributed by atoms with Crippen LogP contribution in [-0.4, -0.2) is 16.7 Å². The van der Waals surface area contributed by atoms with E-state index in [9.17, 15) is 4.79 Å². The number of unbranched alkanes of at least 4 members (excludes halogenated alkanes) is 3. The summed E-state index contributed by atoms with van der Waals surface area (Å²) in [4.78, 5) is 10.4. The van der Waals surface area contributed by atoms with Gasteiger partial charge in [-0.1, -0.05) is 26.2 Å². The number of rotatable bonds is 5. The fourth-order valence-electron chi connectivity index (χ4n) is 0.801. The minimum Gasteiger partial charge on any atom is -0.412 e. The third-order valence-corrected chi connectivity index (χ3v) is 1.38. The number of hydrogen-bond acceptors (Lipinski definition) is 1. The van der Waals surface area contributed by atoms with E-state index in [1.165, 1.54) is 19.3 Å². The van der Waals surface area contributed by atoms with Gasteiger partial charge in [-0.15, -0.1) is 0 Å². The first kappa shape index (κ1) is 22.8. The minimum absolute atomic E-state index is 0. The van der Waals surface area contributed by atoms with Crippen molar-refractivity contribution in [3.8, 4) is 0 Å². The van der Waals surface area contributed by atoms with Gasteiger partial charge in [0.25, 0.3) is 0 Å². The van der Waals surface area contributed by atoms with Gasteiger partial charge in [-0.3, -0.25) is 0 Å². The van der Waals surface area contributed by atoms with Crippen LogP contribution in [0.1, 0.15) is 46.0 Å². The molecule has 0 heterocycles. The van der Waals surface area contributed by atoms with Gasteiger partial charge in [-0.25, -0.2) is 0 Å². The molecule has 0 aromatic heterocycles.